The summed E-state index contributed by atoms with van der Waals surface area (Å²) in [5.41, 5.74) is 7.91. The second-order valence-electron chi connectivity index (χ2n) is 4.43. The molecule has 1 heterocycles. The van der Waals surface area contributed by atoms with Gasteiger partial charge in [0.1, 0.15) is 0 Å². The highest BCUT2D eigenvalue weighted by Gasteiger charge is 2.18. The van der Waals surface area contributed by atoms with Crippen molar-refractivity contribution in [3.63, 3.8) is 0 Å². The summed E-state index contributed by atoms with van der Waals surface area (Å²) in [6, 6.07) is 10.3. The van der Waals surface area contributed by atoms with Gasteiger partial charge in [0.15, 0.2) is 5.78 Å². The van der Waals surface area contributed by atoms with E-state index < -0.39 is 0 Å². The van der Waals surface area contributed by atoms with E-state index in [9.17, 15) is 4.79 Å². The number of aromatic amines is 1. The van der Waals surface area contributed by atoms with E-state index in [-0.39, 0.29) is 5.78 Å². The smallest absolute Gasteiger partial charge is 0.197 e. The standard InChI is InChI=1S/C15H10Cl2N2O/c16-8-4-5-12(18)9(6-8)15(20)10-7-19-13-3-1-2-11(17)14(10)13/h1-7,19H,18H2. The van der Waals surface area contributed by atoms with Crippen LogP contribution in [0.15, 0.2) is 42.6 Å². The van der Waals surface area contributed by atoms with E-state index in [0.717, 1.165) is 5.52 Å². The zero-order chi connectivity index (χ0) is 14.3. The normalized spacial score (nSPS) is 10.9. The first kappa shape index (κ1) is 13.0. The Bertz CT molecular complexity index is 824. The Labute approximate surface area is 125 Å². The van der Waals surface area contributed by atoms with E-state index in [1.54, 1.807) is 30.5 Å². The molecule has 0 aliphatic carbocycles. The van der Waals surface area contributed by atoms with Crippen LogP contribution >= 0.6 is 23.2 Å². The fourth-order valence-corrected chi connectivity index (χ4v) is 2.64. The maximum atomic E-state index is 12.6. The van der Waals surface area contributed by atoms with Gasteiger partial charge in [-0.3, -0.25) is 4.79 Å². The number of hydrogen-bond donors (Lipinski definition) is 2. The summed E-state index contributed by atoms with van der Waals surface area (Å²) in [5, 5.41) is 1.68. The molecule has 1 aromatic heterocycles. The van der Waals surface area contributed by atoms with E-state index in [4.69, 9.17) is 28.9 Å². The molecule has 0 amide bonds. The molecule has 0 aliphatic rings. The SMILES string of the molecule is Nc1ccc(Cl)cc1C(=O)c1c[nH]c2cccc(Cl)c12. The Morgan fingerprint density at radius 3 is 2.70 bits per heavy atom. The molecule has 3 nitrogen and oxygen atoms in total. The molecule has 0 unspecified atom stereocenters. The molecular formula is C15H10Cl2N2O. The van der Waals surface area contributed by atoms with Crippen molar-refractivity contribution >= 4 is 45.6 Å². The van der Waals surface area contributed by atoms with E-state index in [1.807, 2.05) is 12.1 Å². The van der Waals surface area contributed by atoms with Crippen molar-refractivity contribution in [3.8, 4) is 0 Å². The molecule has 0 fully saturated rings. The van der Waals surface area contributed by atoms with Gasteiger partial charge in [-0.05, 0) is 30.3 Å². The highest BCUT2D eigenvalue weighted by atomic mass is 35.5. The topological polar surface area (TPSA) is 58.9 Å². The average molecular weight is 305 g/mol. The number of carbonyl (C=O) groups excluding carboxylic acids is 1. The van der Waals surface area contributed by atoms with Gasteiger partial charge < -0.3 is 10.7 Å². The molecule has 0 aliphatic heterocycles. The number of H-pyrrole nitrogens is 1. The van der Waals surface area contributed by atoms with E-state index in [2.05, 4.69) is 4.98 Å². The summed E-state index contributed by atoms with van der Waals surface area (Å²) in [4.78, 5) is 15.7. The van der Waals surface area contributed by atoms with Gasteiger partial charge in [0.25, 0.3) is 0 Å². The number of benzene rings is 2. The highest BCUT2D eigenvalue weighted by Crippen LogP contribution is 2.30. The minimum Gasteiger partial charge on any atom is -0.398 e. The lowest BCUT2D eigenvalue weighted by atomic mass is 10.0. The fourth-order valence-electron chi connectivity index (χ4n) is 2.19. The van der Waals surface area contributed by atoms with E-state index in [0.29, 0.717) is 32.2 Å². The molecular weight excluding hydrogens is 295 g/mol. The number of nitrogen functional groups attached to an aromatic ring is 1. The van der Waals surface area contributed by atoms with Gasteiger partial charge in [0, 0.05) is 38.9 Å². The Morgan fingerprint density at radius 1 is 1.10 bits per heavy atom. The number of nitrogens with one attached hydrogen (secondary N) is 1. The summed E-state index contributed by atoms with van der Waals surface area (Å²) in [5.74, 6) is -0.204. The Kier molecular flexibility index (Phi) is 3.16. The molecule has 3 aromatic rings. The number of halogens is 2. The van der Waals surface area contributed by atoms with Crippen LogP contribution in [0.1, 0.15) is 15.9 Å². The number of anilines is 1. The monoisotopic (exact) mass is 304 g/mol. The summed E-state index contributed by atoms with van der Waals surface area (Å²) in [7, 11) is 0. The lowest BCUT2D eigenvalue weighted by Gasteiger charge is -2.05. The van der Waals surface area contributed by atoms with Crippen LogP contribution in [0.3, 0.4) is 0 Å². The largest absolute Gasteiger partial charge is 0.398 e. The predicted octanol–water partition coefficient (Wildman–Crippen LogP) is 4.29. The van der Waals surface area contributed by atoms with Gasteiger partial charge in [0.05, 0.1) is 5.02 Å². The van der Waals surface area contributed by atoms with Gasteiger partial charge >= 0.3 is 0 Å². The average Bonchev–Trinajstić information content (AvgIpc) is 2.86. The summed E-state index contributed by atoms with van der Waals surface area (Å²) >= 11 is 12.1. The second-order valence-corrected chi connectivity index (χ2v) is 5.27. The Balaban J connectivity index is 2.21. The molecule has 3 rings (SSSR count). The molecule has 0 radical (unpaired) electrons. The van der Waals surface area contributed by atoms with Crippen LogP contribution < -0.4 is 5.73 Å². The number of hydrogen-bond acceptors (Lipinski definition) is 2. The molecule has 0 spiro atoms. The third-order valence-corrected chi connectivity index (χ3v) is 3.71. The fraction of sp³-hybridized carbons (Fsp3) is 0. The molecule has 0 saturated carbocycles. The van der Waals surface area contributed by atoms with Crippen LogP contribution in [0.5, 0.6) is 0 Å². The van der Waals surface area contributed by atoms with Crippen LogP contribution in [-0.2, 0) is 0 Å². The number of nitrogens with two attached hydrogens (primary N) is 1. The lowest BCUT2D eigenvalue weighted by Crippen LogP contribution is -2.04. The third-order valence-electron chi connectivity index (χ3n) is 3.16. The molecule has 0 bridgehead atoms. The zero-order valence-electron chi connectivity index (χ0n) is 10.3. The Morgan fingerprint density at radius 2 is 1.90 bits per heavy atom. The molecule has 20 heavy (non-hydrogen) atoms. The Hall–Kier alpha value is -1.97. The first-order valence-electron chi connectivity index (χ1n) is 5.93. The number of aromatic nitrogens is 1. The van der Waals surface area contributed by atoms with Crippen molar-refractivity contribution in [2.75, 3.05) is 5.73 Å². The molecule has 2 aromatic carbocycles. The van der Waals surface area contributed by atoms with Gasteiger partial charge in [-0.25, -0.2) is 0 Å². The van der Waals surface area contributed by atoms with Crippen molar-refractivity contribution < 1.29 is 4.79 Å². The van der Waals surface area contributed by atoms with Crippen molar-refractivity contribution in [1.29, 1.82) is 0 Å². The van der Waals surface area contributed by atoms with E-state index >= 15 is 0 Å². The van der Waals surface area contributed by atoms with Crippen LogP contribution in [0.2, 0.25) is 10.0 Å². The van der Waals surface area contributed by atoms with Crippen molar-refractivity contribution in [1.82, 2.24) is 4.98 Å². The molecule has 5 heteroatoms. The molecule has 0 saturated heterocycles. The molecule has 100 valence electrons. The summed E-state index contributed by atoms with van der Waals surface area (Å²) in [6.07, 6.45) is 1.64. The number of carbonyl (C=O) groups is 1. The summed E-state index contributed by atoms with van der Waals surface area (Å²) < 4.78 is 0. The van der Waals surface area contributed by atoms with Gasteiger partial charge in [0.2, 0.25) is 0 Å². The predicted molar refractivity (Wildman–Crippen MR) is 82.6 cm³/mol. The quantitative estimate of drug-likeness (QED) is 0.548. The van der Waals surface area contributed by atoms with Crippen LogP contribution in [0, 0.1) is 0 Å². The highest BCUT2D eigenvalue weighted by molar-refractivity contribution is 6.37. The minimum atomic E-state index is -0.204. The van der Waals surface area contributed by atoms with Gasteiger partial charge in [-0.15, -0.1) is 0 Å². The van der Waals surface area contributed by atoms with Crippen LogP contribution in [0.25, 0.3) is 10.9 Å². The van der Waals surface area contributed by atoms with Gasteiger partial charge in [-0.1, -0.05) is 29.3 Å². The van der Waals surface area contributed by atoms with Crippen LogP contribution in [-0.4, -0.2) is 10.8 Å². The molecule has 3 N–H and O–H groups in total. The maximum Gasteiger partial charge on any atom is 0.197 e. The van der Waals surface area contributed by atoms with Crippen molar-refractivity contribution in [2.45, 2.75) is 0 Å². The number of ketones is 1. The van der Waals surface area contributed by atoms with Crippen molar-refractivity contribution in [3.05, 3.63) is 63.8 Å². The second kappa shape index (κ2) is 4.85. The first-order valence-corrected chi connectivity index (χ1v) is 6.69. The lowest BCUT2D eigenvalue weighted by molar-refractivity contribution is 0.104. The maximum absolute atomic E-state index is 12.6. The van der Waals surface area contributed by atoms with Gasteiger partial charge in [-0.2, -0.15) is 0 Å². The summed E-state index contributed by atoms with van der Waals surface area (Å²) in [6.45, 7) is 0. The van der Waals surface area contributed by atoms with Crippen molar-refractivity contribution in [2.24, 2.45) is 0 Å². The third kappa shape index (κ3) is 2.05. The van der Waals surface area contributed by atoms with E-state index in [1.165, 1.54) is 0 Å². The minimum absolute atomic E-state index is 0.204. The number of fused-ring (bicyclic) bond motifs is 1. The van der Waals surface area contributed by atoms with Crippen LogP contribution in [0.4, 0.5) is 5.69 Å². The number of rotatable bonds is 2. The zero-order valence-corrected chi connectivity index (χ0v) is 11.8. The first-order chi connectivity index (χ1) is 9.58. The molecule has 0 atom stereocenters.